The summed E-state index contributed by atoms with van der Waals surface area (Å²) in [5.74, 6) is -1.00. The molecular weight excluding hydrogens is 456 g/mol. The lowest BCUT2D eigenvalue weighted by Crippen LogP contribution is -2.46. The van der Waals surface area contributed by atoms with E-state index in [1.807, 2.05) is 86.6 Å². The number of ether oxygens (including phenoxy) is 1. The molecule has 1 heterocycles. The lowest BCUT2D eigenvalue weighted by atomic mass is 10.0. The van der Waals surface area contributed by atoms with Crippen molar-refractivity contribution in [1.82, 2.24) is 10.6 Å². The van der Waals surface area contributed by atoms with E-state index in [-0.39, 0.29) is 18.2 Å². The molecule has 4 rings (SSSR count). The molecule has 0 spiro atoms. The zero-order chi connectivity index (χ0) is 25.7. The summed E-state index contributed by atoms with van der Waals surface area (Å²) in [5.41, 5.74) is 1.61. The second kappa shape index (κ2) is 11.1. The molecule has 0 unspecified atom stereocenters. The van der Waals surface area contributed by atoms with Crippen LogP contribution >= 0.6 is 0 Å². The van der Waals surface area contributed by atoms with E-state index in [9.17, 15) is 14.4 Å². The van der Waals surface area contributed by atoms with Gasteiger partial charge in [-0.05, 0) is 41.3 Å². The van der Waals surface area contributed by atoms with Crippen LogP contribution in [0.4, 0.5) is 0 Å². The molecule has 0 fully saturated rings. The number of para-hydroxylation sites is 1. The summed E-state index contributed by atoms with van der Waals surface area (Å²) in [5, 5.41) is 8.53. The second-order valence-electron chi connectivity index (χ2n) is 9.19. The number of hydrogen-bond donors (Lipinski definition) is 2. The van der Waals surface area contributed by atoms with Crippen LogP contribution in [0.25, 0.3) is 21.7 Å². The van der Waals surface area contributed by atoms with E-state index >= 15 is 0 Å². The third kappa shape index (κ3) is 5.92. The van der Waals surface area contributed by atoms with Gasteiger partial charge in [-0.25, -0.2) is 4.79 Å². The van der Waals surface area contributed by atoms with Crippen LogP contribution in [0, 0.1) is 5.92 Å². The van der Waals surface area contributed by atoms with Gasteiger partial charge in [-0.1, -0.05) is 74.5 Å². The number of furan rings is 1. The highest BCUT2D eigenvalue weighted by molar-refractivity contribution is 5.92. The van der Waals surface area contributed by atoms with Gasteiger partial charge in [0.25, 0.3) is 5.91 Å². The quantitative estimate of drug-likeness (QED) is 0.335. The van der Waals surface area contributed by atoms with Gasteiger partial charge >= 0.3 is 5.97 Å². The standard InChI is InChI=1S/C29H30N2O5/c1-18(2)28(31-26(32)16-21-12-8-11-20-9-4-6-13-23(20)21)29(34)35-17-27(33)30-19(3)25-15-22-10-5-7-14-24(22)36-25/h4-15,18-19,28H,16-17H2,1-3H3,(H,30,33)(H,31,32)/t19-,28+/m0/s1. The predicted molar refractivity (Wildman–Crippen MR) is 138 cm³/mol. The van der Waals surface area contributed by atoms with E-state index < -0.39 is 30.6 Å². The lowest BCUT2D eigenvalue weighted by molar-refractivity contribution is -0.153. The molecular formula is C29H30N2O5. The third-order valence-electron chi connectivity index (χ3n) is 6.06. The third-order valence-corrected chi connectivity index (χ3v) is 6.06. The van der Waals surface area contributed by atoms with Crippen molar-refractivity contribution < 1.29 is 23.5 Å². The van der Waals surface area contributed by atoms with Crippen LogP contribution in [0.15, 0.2) is 77.2 Å². The van der Waals surface area contributed by atoms with Crippen molar-refractivity contribution >= 4 is 39.5 Å². The molecule has 0 bridgehead atoms. The minimum absolute atomic E-state index is 0.132. The average molecular weight is 487 g/mol. The molecule has 2 atom stereocenters. The van der Waals surface area contributed by atoms with E-state index in [2.05, 4.69) is 10.6 Å². The molecule has 1 aromatic heterocycles. The van der Waals surface area contributed by atoms with Crippen molar-refractivity contribution in [1.29, 1.82) is 0 Å². The van der Waals surface area contributed by atoms with Crippen LogP contribution in [-0.2, 0) is 25.5 Å². The lowest BCUT2D eigenvalue weighted by Gasteiger charge is -2.21. The van der Waals surface area contributed by atoms with Crippen molar-refractivity contribution in [3.8, 4) is 0 Å². The molecule has 7 nitrogen and oxygen atoms in total. The molecule has 0 radical (unpaired) electrons. The molecule has 4 aromatic rings. The number of carbonyl (C=O) groups excluding carboxylic acids is 3. The van der Waals surface area contributed by atoms with E-state index in [0.29, 0.717) is 5.76 Å². The summed E-state index contributed by atoms with van der Waals surface area (Å²) in [7, 11) is 0. The van der Waals surface area contributed by atoms with Gasteiger partial charge in [-0.2, -0.15) is 0 Å². The Morgan fingerprint density at radius 2 is 1.53 bits per heavy atom. The van der Waals surface area contributed by atoms with E-state index in [4.69, 9.17) is 9.15 Å². The summed E-state index contributed by atoms with van der Waals surface area (Å²) in [6.07, 6.45) is 0.132. The number of esters is 1. The zero-order valence-electron chi connectivity index (χ0n) is 20.6. The van der Waals surface area contributed by atoms with Gasteiger partial charge in [0.05, 0.1) is 12.5 Å². The predicted octanol–water partition coefficient (Wildman–Crippen LogP) is 4.69. The van der Waals surface area contributed by atoms with Crippen molar-refractivity contribution in [2.24, 2.45) is 5.92 Å². The Hall–Kier alpha value is -4.13. The Labute approximate surface area is 209 Å². The van der Waals surface area contributed by atoms with Gasteiger partial charge in [0.1, 0.15) is 17.4 Å². The minimum atomic E-state index is -0.868. The van der Waals surface area contributed by atoms with Gasteiger partial charge < -0.3 is 19.8 Å². The highest BCUT2D eigenvalue weighted by Crippen LogP contribution is 2.23. The maximum Gasteiger partial charge on any atom is 0.329 e. The zero-order valence-corrected chi connectivity index (χ0v) is 20.6. The van der Waals surface area contributed by atoms with Crippen molar-refractivity contribution in [2.75, 3.05) is 6.61 Å². The number of hydrogen-bond acceptors (Lipinski definition) is 5. The number of rotatable bonds is 9. The van der Waals surface area contributed by atoms with E-state index in [1.165, 1.54) is 0 Å². The van der Waals surface area contributed by atoms with E-state index in [1.54, 1.807) is 6.92 Å². The molecule has 0 aliphatic rings. The van der Waals surface area contributed by atoms with Crippen molar-refractivity contribution in [3.05, 3.63) is 84.1 Å². The molecule has 186 valence electrons. The normalized spacial score (nSPS) is 12.9. The first kappa shape index (κ1) is 25.0. The van der Waals surface area contributed by atoms with Crippen molar-refractivity contribution in [2.45, 2.75) is 39.3 Å². The van der Waals surface area contributed by atoms with Crippen LogP contribution in [-0.4, -0.2) is 30.4 Å². The monoisotopic (exact) mass is 486 g/mol. The van der Waals surface area contributed by atoms with Crippen LogP contribution in [0.2, 0.25) is 0 Å². The Morgan fingerprint density at radius 1 is 0.833 bits per heavy atom. The molecule has 2 amide bonds. The molecule has 0 saturated carbocycles. The molecule has 0 aliphatic heterocycles. The van der Waals surface area contributed by atoms with Crippen LogP contribution in [0.3, 0.4) is 0 Å². The first-order chi connectivity index (χ1) is 17.3. The Balaban J connectivity index is 1.31. The topological polar surface area (TPSA) is 97.6 Å². The summed E-state index contributed by atoms with van der Waals surface area (Å²) in [6, 6.07) is 21.8. The van der Waals surface area contributed by atoms with Crippen LogP contribution < -0.4 is 10.6 Å². The highest BCUT2D eigenvalue weighted by atomic mass is 16.5. The summed E-state index contributed by atoms with van der Waals surface area (Å²) in [4.78, 5) is 37.9. The van der Waals surface area contributed by atoms with Gasteiger partial charge in [-0.15, -0.1) is 0 Å². The Kier molecular flexibility index (Phi) is 7.68. The largest absolute Gasteiger partial charge is 0.459 e. The summed E-state index contributed by atoms with van der Waals surface area (Å²) < 4.78 is 11.0. The maximum atomic E-state index is 12.8. The summed E-state index contributed by atoms with van der Waals surface area (Å²) >= 11 is 0. The minimum Gasteiger partial charge on any atom is -0.459 e. The number of benzene rings is 3. The fourth-order valence-electron chi connectivity index (χ4n) is 4.14. The second-order valence-corrected chi connectivity index (χ2v) is 9.19. The first-order valence-corrected chi connectivity index (χ1v) is 12.0. The molecule has 2 N–H and O–H groups in total. The maximum absolute atomic E-state index is 12.8. The molecule has 0 aliphatic carbocycles. The van der Waals surface area contributed by atoms with Crippen LogP contribution in [0.5, 0.6) is 0 Å². The summed E-state index contributed by atoms with van der Waals surface area (Å²) in [6.45, 7) is 4.97. The molecule has 7 heteroatoms. The number of fused-ring (bicyclic) bond motifs is 2. The SMILES string of the molecule is CC(C)[C@@H](NC(=O)Cc1cccc2ccccc12)C(=O)OCC(=O)N[C@@H](C)c1cc2ccccc2o1. The number of amides is 2. The van der Waals surface area contributed by atoms with Crippen LogP contribution in [0.1, 0.15) is 38.1 Å². The smallest absolute Gasteiger partial charge is 0.329 e. The van der Waals surface area contributed by atoms with Gasteiger partial charge in [0, 0.05) is 5.39 Å². The fourth-order valence-corrected chi connectivity index (χ4v) is 4.14. The molecule has 0 saturated heterocycles. The van der Waals surface area contributed by atoms with E-state index in [0.717, 1.165) is 27.3 Å². The van der Waals surface area contributed by atoms with Crippen molar-refractivity contribution in [3.63, 3.8) is 0 Å². The number of nitrogens with one attached hydrogen (secondary N) is 2. The van der Waals surface area contributed by atoms with Gasteiger partial charge in [0.2, 0.25) is 5.91 Å². The Morgan fingerprint density at radius 3 is 2.28 bits per heavy atom. The fraction of sp³-hybridized carbons (Fsp3) is 0.276. The van der Waals surface area contributed by atoms with Gasteiger partial charge in [-0.3, -0.25) is 9.59 Å². The number of carbonyl (C=O) groups is 3. The molecule has 36 heavy (non-hydrogen) atoms. The van der Waals surface area contributed by atoms with Gasteiger partial charge in [0.15, 0.2) is 6.61 Å². The highest BCUT2D eigenvalue weighted by Gasteiger charge is 2.27. The first-order valence-electron chi connectivity index (χ1n) is 12.0. The Bertz CT molecular complexity index is 1350. The average Bonchev–Trinajstić information content (AvgIpc) is 3.30. The molecule has 3 aromatic carbocycles.